The predicted octanol–water partition coefficient (Wildman–Crippen LogP) is 5.26. The summed E-state index contributed by atoms with van der Waals surface area (Å²) in [7, 11) is 0. The second-order valence-corrected chi connectivity index (χ2v) is 7.57. The molecule has 0 radical (unpaired) electrons. The van der Waals surface area contributed by atoms with E-state index in [1.807, 2.05) is 24.3 Å². The topological polar surface area (TPSA) is 58.2 Å². The molecule has 6 heteroatoms. The Bertz CT molecular complexity index is 781. The van der Waals surface area contributed by atoms with Crippen LogP contribution in [0.3, 0.4) is 0 Å². The summed E-state index contributed by atoms with van der Waals surface area (Å²) in [4.78, 5) is 24.0. The lowest BCUT2D eigenvalue weighted by molar-refractivity contribution is -0.123. The van der Waals surface area contributed by atoms with Gasteiger partial charge in [-0.3, -0.25) is 9.59 Å². The monoisotopic (exact) mass is 378 g/mol. The van der Waals surface area contributed by atoms with Gasteiger partial charge in [0.05, 0.1) is 10.7 Å². The van der Waals surface area contributed by atoms with Gasteiger partial charge in [0.15, 0.2) is 0 Å². The second-order valence-electron chi connectivity index (χ2n) is 6.72. The van der Waals surface area contributed by atoms with Gasteiger partial charge in [-0.2, -0.15) is 0 Å². The number of halogens is 2. The molecule has 2 amide bonds. The molecule has 2 N–H and O–H groups in total. The molecule has 0 aliphatic heterocycles. The molecule has 0 spiro atoms. The molecule has 0 unspecified atom stereocenters. The lowest BCUT2D eigenvalue weighted by Gasteiger charge is -2.19. The van der Waals surface area contributed by atoms with E-state index in [2.05, 4.69) is 31.4 Å². The molecule has 4 nitrogen and oxygen atoms in total. The zero-order valence-electron chi connectivity index (χ0n) is 14.3. The predicted molar refractivity (Wildman–Crippen MR) is 103 cm³/mol. The van der Waals surface area contributed by atoms with Gasteiger partial charge in [-0.05, 0) is 41.3 Å². The Morgan fingerprint density at radius 1 is 0.920 bits per heavy atom. The van der Waals surface area contributed by atoms with Gasteiger partial charge in [0, 0.05) is 10.7 Å². The van der Waals surface area contributed by atoms with Gasteiger partial charge in [-0.25, -0.2) is 0 Å². The first-order valence-corrected chi connectivity index (χ1v) is 8.56. The SMILES string of the molecule is CC(C)(C)c1ccc(NC(=O)CC(=O)Nc2ccc(Cl)cc2Cl)cc1. The van der Waals surface area contributed by atoms with Gasteiger partial charge in [0.1, 0.15) is 6.42 Å². The van der Waals surface area contributed by atoms with Crippen molar-refractivity contribution in [1.82, 2.24) is 0 Å². The van der Waals surface area contributed by atoms with Crippen molar-refractivity contribution in [2.24, 2.45) is 0 Å². The van der Waals surface area contributed by atoms with Crippen LogP contribution in [-0.2, 0) is 15.0 Å². The first-order chi connectivity index (χ1) is 11.6. The quantitative estimate of drug-likeness (QED) is 0.712. The van der Waals surface area contributed by atoms with Crippen LogP contribution in [-0.4, -0.2) is 11.8 Å². The average molecular weight is 379 g/mol. The third kappa shape index (κ3) is 5.76. The molecular formula is C19H20Cl2N2O2. The maximum Gasteiger partial charge on any atom is 0.233 e. The van der Waals surface area contributed by atoms with Crippen LogP contribution in [0.4, 0.5) is 11.4 Å². The fourth-order valence-corrected chi connectivity index (χ4v) is 2.65. The van der Waals surface area contributed by atoms with Crippen molar-refractivity contribution in [1.29, 1.82) is 0 Å². The molecule has 0 saturated carbocycles. The molecular weight excluding hydrogens is 359 g/mol. The van der Waals surface area contributed by atoms with Crippen LogP contribution in [0.2, 0.25) is 10.0 Å². The number of hydrogen-bond donors (Lipinski definition) is 2. The normalized spacial score (nSPS) is 11.1. The lowest BCUT2D eigenvalue weighted by atomic mass is 9.87. The van der Waals surface area contributed by atoms with Crippen molar-refractivity contribution in [2.75, 3.05) is 10.6 Å². The highest BCUT2D eigenvalue weighted by Crippen LogP contribution is 2.26. The van der Waals surface area contributed by atoms with Crippen LogP contribution in [0, 0.1) is 0 Å². The Morgan fingerprint density at radius 2 is 1.52 bits per heavy atom. The molecule has 0 aromatic heterocycles. The molecule has 0 bridgehead atoms. The fraction of sp³-hybridized carbons (Fsp3) is 0.263. The minimum absolute atomic E-state index is 0.0419. The van der Waals surface area contributed by atoms with Crippen molar-refractivity contribution in [3.63, 3.8) is 0 Å². The Balaban J connectivity index is 1.92. The summed E-state index contributed by atoms with van der Waals surface area (Å²) >= 11 is 11.8. The number of nitrogens with one attached hydrogen (secondary N) is 2. The third-order valence-corrected chi connectivity index (χ3v) is 4.11. The summed E-state index contributed by atoms with van der Waals surface area (Å²) in [5.74, 6) is -0.848. The van der Waals surface area contributed by atoms with E-state index in [1.165, 1.54) is 11.6 Å². The van der Waals surface area contributed by atoms with E-state index in [4.69, 9.17) is 23.2 Å². The largest absolute Gasteiger partial charge is 0.326 e. The standard InChI is InChI=1S/C19H20Cl2N2O2/c1-19(2,3)12-4-7-14(8-5-12)22-17(24)11-18(25)23-16-9-6-13(20)10-15(16)21/h4-10H,11H2,1-3H3,(H,22,24)(H,23,25). The van der Waals surface area contributed by atoms with Gasteiger partial charge >= 0.3 is 0 Å². The second kappa shape index (κ2) is 7.89. The Labute approximate surface area is 157 Å². The number of rotatable bonds is 4. The number of carbonyl (C=O) groups is 2. The van der Waals surface area contributed by atoms with Crippen molar-refractivity contribution in [3.05, 3.63) is 58.1 Å². The summed E-state index contributed by atoms with van der Waals surface area (Å²) in [6, 6.07) is 12.3. The van der Waals surface area contributed by atoms with E-state index in [9.17, 15) is 9.59 Å². The van der Waals surface area contributed by atoms with Crippen LogP contribution in [0.5, 0.6) is 0 Å². The Hall–Kier alpha value is -2.04. The van der Waals surface area contributed by atoms with Gasteiger partial charge in [-0.1, -0.05) is 56.1 Å². The smallest absolute Gasteiger partial charge is 0.233 e. The molecule has 0 aliphatic rings. The average Bonchev–Trinajstić information content (AvgIpc) is 2.49. The number of hydrogen-bond acceptors (Lipinski definition) is 2. The first-order valence-electron chi connectivity index (χ1n) is 7.80. The summed E-state index contributed by atoms with van der Waals surface area (Å²) < 4.78 is 0. The molecule has 2 aromatic rings. The minimum atomic E-state index is -0.451. The van der Waals surface area contributed by atoms with Crippen LogP contribution in [0.1, 0.15) is 32.8 Å². The van der Waals surface area contributed by atoms with Crippen molar-refractivity contribution >= 4 is 46.4 Å². The summed E-state index contributed by atoms with van der Waals surface area (Å²) in [5, 5.41) is 6.09. The van der Waals surface area contributed by atoms with Gasteiger partial charge < -0.3 is 10.6 Å². The Morgan fingerprint density at radius 3 is 2.08 bits per heavy atom. The molecule has 2 aromatic carbocycles. The highest BCUT2D eigenvalue weighted by Gasteiger charge is 2.14. The minimum Gasteiger partial charge on any atom is -0.326 e. The van der Waals surface area contributed by atoms with Crippen molar-refractivity contribution in [2.45, 2.75) is 32.6 Å². The lowest BCUT2D eigenvalue weighted by Crippen LogP contribution is -2.21. The summed E-state index contributed by atoms with van der Waals surface area (Å²) in [6.07, 6.45) is -0.306. The van der Waals surface area contributed by atoms with Crippen LogP contribution < -0.4 is 10.6 Å². The molecule has 0 atom stereocenters. The molecule has 0 saturated heterocycles. The van der Waals surface area contributed by atoms with E-state index in [0.29, 0.717) is 21.4 Å². The van der Waals surface area contributed by atoms with Crippen LogP contribution in [0.25, 0.3) is 0 Å². The highest BCUT2D eigenvalue weighted by atomic mass is 35.5. The number of anilines is 2. The molecule has 25 heavy (non-hydrogen) atoms. The van der Waals surface area contributed by atoms with Gasteiger partial charge in [0.25, 0.3) is 0 Å². The van der Waals surface area contributed by atoms with E-state index in [-0.39, 0.29) is 11.8 Å². The highest BCUT2D eigenvalue weighted by molar-refractivity contribution is 6.36. The number of benzene rings is 2. The number of amides is 2. The zero-order chi connectivity index (χ0) is 18.6. The molecule has 2 rings (SSSR count). The van der Waals surface area contributed by atoms with E-state index in [1.54, 1.807) is 12.1 Å². The first kappa shape index (κ1) is 19.3. The van der Waals surface area contributed by atoms with Crippen molar-refractivity contribution in [3.8, 4) is 0 Å². The molecule has 0 fully saturated rings. The van der Waals surface area contributed by atoms with Gasteiger partial charge in [-0.15, -0.1) is 0 Å². The van der Waals surface area contributed by atoms with E-state index < -0.39 is 11.8 Å². The third-order valence-electron chi connectivity index (χ3n) is 3.56. The van der Waals surface area contributed by atoms with Crippen LogP contribution in [0.15, 0.2) is 42.5 Å². The van der Waals surface area contributed by atoms with Crippen LogP contribution >= 0.6 is 23.2 Å². The van der Waals surface area contributed by atoms with Crippen molar-refractivity contribution < 1.29 is 9.59 Å². The summed E-state index contributed by atoms with van der Waals surface area (Å²) in [6.45, 7) is 6.35. The van der Waals surface area contributed by atoms with E-state index in [0.717, 1.165) is 0 Å². The van der Waals surface area contributed by atoms with Gasteiger partial charge in [0.2, 0.25) is 11.8 Å². The molecule has 0 heterocycles. The molecule has 132 valence electrons. The number of carbonyl (C=O) groups excluding carboxylic acids is 2. The molecule has 0 aliphatic carbocycles. The maximum absolute atomic E-state index is 12.0. The summed E-state index contributed by atoms with van der Waals surface area (Å²) in [5.41, 5.74) is 2.27. The Kier molecular flexibility index (Phi) is 6.09. The maximum atomic E-state index is 12.0. The van der Waals surface area contributed by atoms with E-state index >= 15 is 0 Å². The fourth-order valence-electron chi connectivity index (χ4n) is 2.19. The zero-order valence-corrected chi connectivity index (χ0v) is 15.8.